The molecule has 0 aromatic heterocycles. The second-order valence-corrected chi connectivity index (χ2v) is 6.42. The van der Waals surface area contributed by atoms with E-state index in [-0.39, 0.29) is 16.7 Å². The first kappa shape index (κ1) is 12.9. The Morgan fingerprint density at radius 3 is 2.22 bits per heavy atom. The molecular formula is C16H17OS+. The molecule has 1 unspecified atom stereocenters. The molecular weight excluding hydrogens is 240 g/mol. The fourth-order valence-corrected chi connectivity index (χ4v) is 3.09. The minimum Gasteiger partial charge on any atom is -0.289 e. The van der Waals surface area contributed by atoms with E-state index < -0.39 is 0 Å². The zero-order valence-corrected chi connectivity index (χ0v) is 11.5. The van der Waals surface area contributed by atoms with Gasteiger partial charge in [0.2, 0.25) is 5.78 Å². The molecule has 0 aliphatic heterocycles. The molecule has 0 N–H and O–H groups in total. The van der Waals surface area contributed by atoms with E-state index in [0.717, 1.165) is 5.56 Å². The Balaban J connectivity index is 2.06. The van der Waals surface area contributed by atoms with Crippen LogP contribution >= 0.6 is 0 Å². The molecule has 0 heterocycles. The summed E-state index contributed by atoms with van der Waals surface area (Å²) >= 11 is 0. The average Bonchev–Trinajstić information content (AvgIpc) is 2.40. The topological polar surface area (TPSA) is 17.1 Å². The third-order valence-corrected chi connectivity index (χ3v) is 4.64. The average molecular weight is 257 g/mol. The van der Waals surface area contributed by atoms with Crippen LogP contribution in [-0.2, 0) is 10.9 Å². The summed E-state index contributed by atoms with van der Waals surface area (Å²) in [6.45, 7) is 2.08. The second kappa shape index (κ2) is 5.87. The van der Waals surface area contributed by atoms with Crippen LogP contribution in [-0.4, -0.2) is 17.8 Å². The first-order valence-corrected chi connectivity index (χ1v) is 7.74. The summed E-state index contributed by atoms with van der Waals surface area (Å²) in [5.74, 6) is 0.814. The molecule has 1 atom stereocenters. The van der Waals surface area contributed by atoms with Crippen LogP contribution in [0.1, 0.15) is 15.9 Å². The Morgan fingerprint density at radius 1 is 1.00 bits per heavy atom. The van der Waals surface area contributed by atoms with Crippen molar-refractivity contribution in [2.24, 2.45) is 0 Å². The predicted octanol–water partition coefficient (Wildman–Crippen LogP) is 3.48. The van der Waals surface area contributed by atoms with Crippen LogP contribution in [0.2, 0.25) is 0 Å². The molecule has 2 aromatic rings. The van der Waals surface area contributed by atoms with Crippen LogP contribution < -0.4 is 0 Å². The molecule has 1 nitrogen and oxygen atoms in total. The van der Waals surface area contributed by atoms with Crippen molar-refractivity contribution in [1.82, 2.24) is 0 Å². The summed E-state index contributed by atoms with van der Waals surface area (Å²) in [4.78, 5) is 13.4. The fraction of sp³-hybridized carbons (Fsp3) is 0.188. The fourth-order valence-electron chi connectivity index (χ4n) is 1.76. The van der Waals surface area contributed by atoms with Gasteiger partial charge in [-0.2, -0.15) is 0 Å². The van der Waals surface area contributed by atoms with Gasteiger partial charge in [-0.25, -0.2) is 0 Å². The molecule has 92 valence electrons. The Morgan fingerprint density at radius 2 is 1.61 bits per heavy atom. The van der Waals surface area contributed by atoms with Crippen molar-refractivity contribution in [3.05, 3.63) is 65.7 Å². The number of hydrogen-bond donors (Lipinski definition) is 0. The lowest BCUT2D eigenvalue weighted by Gasteiger charge is -2.03. The molecule has 0 saturated carbocycles. The van der Waals surface area contributed by atoms with Crippen molar-refractivity contribution in [1.29, 1.82) is 0 Å². The Kier molecular flexibility index (Phi) is 4.21. The van der Waals surface area contributed by atoms with E-state index in [1.165, 1.54) is 10.5 Å². The van der Waals surface area contributed by atoms with Gasteiger partial charge in [0, 0.05) is 16.5 Å². The number of ketones is 1. The van der Waals surface area contributed by atoms with Gasteiger partial charge in [0.05, 0.1) is 0 Å². The van der Waals surface area contributed by atoms with Gasteiger partial charge in [0.1, 0.15) is 6.26 Å². The SMILES string of the molecule is Cc1ccc([S+](C)CC(=O)c2ccccc2)cc1. The molecule has 0 fully saturated rings. The predicted molar refractivity (Wildman–Crippen MR) is 78.4 cm³/mol. The Hall–Kier alpha value is -1.54. The number of Topliss-reactive ketones (excluding diaryl/α,β-unsaturated/α-hetero) is 1. The number of aryl methyl sites for hydroxylation is 1. The molecule has 0 amide bonds. The molecule has 0 bridgehead atoms. The molecule has 0 radical (unpaired) electrons. The summed E-state index contributed by atoms with van der Waals surface area (Å²) in [6.07, 6.45) is 2.13. The normalized spacial score (nSPS) is 12.1. The van der Waals surface area contributed by atoms with E-state index >= 15 is 0 Å². The number of hydrogen-bond acceptors (Lipinski definition) is 1. The van der Waals surface area contributed by atoms with Crippen LogP contribution in [0.25, 0.3) is 0 Å². The minimum absolute atomic E-state index is 0.0218. The smallest absolute Gasteiger partial charge is 0.212 e. The Bertz CT molecular complexity index is 517. The molecule has 2 aromatic carbocycles. The van der Waals surface area contributed by atoms with Crippen molar-refractivity contribution < 1.29 is 4.79 Å². The summed E-state index contributed by atoms with van der Waals surface area (Å²) in [5, 5.41) is 0. The highest BCUT2D eigenvalue weighted by atomic mass is 32.2. The van der Waals surface area contributed by atoms with Gasteiger partial charge in [-0.05, 0) is 19.1 Å². The van der Waals surface area contributed by atoms with E-state index in [9.17, 15) is 4.79 Å². The molecule has 18 heavy (non-hydrogen) atoms. The van der Waals surface area contributed by atoms with Crippen molar-refractivity contribution in [2.75, 3.05) is 12.0 Å². The molecule has 0 aliphatic rings. The van der Waals surface area contributed by atoms with Gasteiger partial charge in [-0.3, -0.25) is 4.79 Å². The number of carbonyl (C=O) groups excluding carboxylic acids is 1. The van der Waals surface area contributed by atoms with Crippen LogP contribution in [0.4, 0.5) is 0 Å². The minimum atomic E-state index is -0.0218. The highest BCUT2D eigenvalue weighted by Crippen LogP contribution is 2.14. The van der Waals surface area contributed by atoms with E-state index in [1.54, 1.807) is 0 Å². The maximum atomic E-state index is 12.1. The van der Waals surface area contributed by atoms with Gasteiger partial charge in [-0.15, -0.1) is 0 Å². The standard InChI is InChI=1S/C16H17OS/c1-13-8-10-15(11-9-13)18(2)12-16(17)14-6-4-3-5-7-14/h3-11H,12H2,1-2H3/q+1. The second-order valence-electron chi connectivity index (χ2n) is 4.38. The quantitative estimate of drug-likeness (QED) is 0.605. The van der Waals surface area contributed by atoms with Gasteiger partial charge in [0.25, 0.3) is 0 Å². The maximum absolute atomic E-state index is 12.1. The first-order valence-electron chi connectivity index (χ1n) is 5.94. The molecule has 0 saturated heterocycles. The highest BCUT2D eigenvalue weighted by molar-refractivity contribution is 7.96. The summed E-state index contributed by atoms with van der Waals surface area (Å²) in [7, 11) is -0.0218. The van der Waals surface area contributed by atoms with Crippen LogP contribution in [0.15, 0.2) is 59.5 Å². The zero-order valence-electron chi connectivity index (χ0n) is 10.7. The monoisotopic (exact) mass is 257 g/mol. The first-order chi connectivity index (χ1) is 8.66. The molecule has 2 heteroatoms. The lowest BCUT2D eigenvalue weighted by Crippen LogP contribution is -2.15. The largest absolute Gasteiger partial charge is 0.289 e. The molecule has 0 aliphatic carbocycles. The van der Waals surface area contributed by atoms with Crippen molar-refractivity contribution in [3.63, 3.8) is 0 Å². The van der Waals surface area contributed by atoms with E-state index in [2.05, 4.69) is 37.4 Å². The third kappa shape index (κ3) is 3.23. The van der Waals surface area contributed by atoms with Gasteiger partial charge in [0.15, 0.2) is 10.6 Å². The van der Waals surface area contributed by atoms with E-state index in [0.29, 0.717) is 5.75 Å². The lowest BCUT2D eigenvalue weighted by molar-refractivity contribution is 0.102. The Labute approximate surface area is 111 Å². The van der Waals surface area contributed by atoms with E-state index in [4.69, 9.17) is 0 Å². The van der Waals surface area contributed by atoms with Crippen molar-refractivity contribution >= 4 is 16.7 Å². The van der Waals surface area contributed by atoms with Crippen LogP contribution in [0, 0.1) is 6.92 Å². The number of benzene rings is 2. The number of carbonyl (C=O) groups is 1. The zero-order chi connectivity index (χ0) is 13.0. The van der Waals surface area contributed by atoms with Crippen molar-refractivity contribution in [2.45, 2.75) is 11.8 Å². The summed E-state index contributed by atoms with van der Waals surface area (Å²) < 4.78 is 0. The lowest BCUT2D eigenvalue weighted by atomic mass is 10.2. The third-order valence-electron chi connectivity index (χ3n) is 2.87. The van der Waals surface area contributed by atoms with Gasteiger partial charge >= 0.3 is 0 Å². The van der Waals surface area contributed by atoms with Crippen LogP contribution in [0.3, 0.4) is 0 Å². The van der Waals surface area contributed by atoms with Gasteiger partial charge in [-0.1, -0.05) is 48.0 Å². The van der Waals surface area contributed by atoms with E-state index in [1.807, 2.05) is 30.3 Å². The van der Waals surface area contributed by atoms with Crippen LogP contribution in [0.5, 0.6) is 0 Å². The van der Waals surface area contributed by atoms with Crippen molar-refractivity contribution in [3.8, 4) is 0 Å². The summed E-state index contributed by atoms with van der Waals surface area (Å²) in [6, 6.07) is 18.0. The summed E-state index contributed by atoms with van der Waals surface area (Å²) in [5.41, 5.74) is 2.06. The highest BCUT2D eigenvalue weighted by Gasteiger charge is 2.20. The number of rotatable bonds is 4. The maximum Gasteiger partial charge on any atom is 0.212 e. The molecule has 0 spiro atoms. The molecule has 2 rings (SSSR count). The van der Waals surface area contributed by atoms with Gasteiger partial charge < -0.3 is 0 Å².